The number of esters is 4. The molecular formula is C79H150O17P2. The van der Waals surface area contributed by atoms with Gasteiger partial charge in [0.2, 0.25) is 0 Å². The summed E-state index contributed by atoms with van der Waals surface area (Å²) in [5.74, 6) is 0.165. The fourth-order valence-electron chi connectivity index (χ4n) is 11.6. The number of phosphoric ester groups is 2. The van der Waals surface area contributed by atoms with Crippen LogP contribution >= 0.6 is 15.6 Å². The number of aliphatic hydroxyl groups excluding tert-OH is 1. The van der Waals surface area contributed by atoms with E-state index < -0.39 is 97.5 Å². The van der Waals surface area contributed by atoms with Crippen LogP contribution in [0.1, 0.15) is 382 Å². The van der Waals surface area contributed by atoms with Crippen molar-refractivity contribution in [2.45, 2.75) is 401 Å². The van der Waals surface area contributed by atoms with Gasteiger partial charge in [0.25, 0.3) is 0 Å². The van der Waals surface area contributed by atoms with Crippen molar-refractivity contribution >= 4 is 39.5 Å². The summed E-state index contributed by atoms with van der Waals surface area (Å²) in [6, 6.07) is 0. The molecule has 19 heteroatoms. The van der Waals surface area contributed by atoms with Gasteiger partial charge in [0.15, 0.2) is 12.2 Å². The molecule has 0 aromatic rings. The summed E-state index contributed by atoms with van der Waals surface area (Å²) in [5.41, 5.74) is 0. The molecule has 0 bridgehead atoms. The molecule has 0 aliphatic rings. The van der Waals surface area contributed by atoms with Gasteiger partial charge in [-0.05, 0) is 69.1 Å². The Kier molecular flexibility index (Phi) is 67.2. The molecule has 0 fully saturated rings. The number of rotatable bonds is 75. The van der Waals surface area contributed by atoms with Gasteiger partial charge in [-0.1, -0.05) is 330 Å². The highest BCUT2D eigenvalue weighted by Crippen LogP contribution is 2.45. The Bertz CT molecular complexity index is 2000. The molecule has 0 aliphatic heterocycles. The largest absolute Gasteiger partial charge is 0.472 e. The minimum atomic E-state index is -4.97. The Labute approximate surface area is 599 Å². The zero-order valence-corrected chi connectivity index (χ0v) is 65.5. The van der Waals surface area contributed by atoms with Crippen LogP contribution in [-0.4, -0.2) is 96.7 Å². The second-order valence-electron chi connectivity index (χ2n) is 29.0. The third-order valence-electron chi connectivity index (χ3n) is 18.1. The average molecular weight is 1430 g/mol. The first-order chi connectivity index (χ1) is 47.3. The molecule has 6 atom stereocenters. The molecule has 3 N–H and O–H groups in total. The summed E-state index contributed by atoms with van der Waals surface area (Å²) in [4.78, 5) is 72.9. The summed E-state index contributed by atoms with van der Waals surface area (Å²) in [6.07, 6.45) is 59.1. The lowest BCUT2D eigenvalue weighted by atomic mass is 10.00. The summed E-state index contributed by atoms with van der Waals surface area (Å²) < 4.78 is 68.6. The second kappa shape index (κ2) is 68.9. The number of aliphatic hydroxyl groups is 1. The molecule has 0 saturated carbocycles. The molecule has 0 radical (unpaired) electrons. The Balaban J connectivity index is 5.29. The number of unbranched alkanes of at least 4 members (excludes halogenated alkanes) is 39. The molecule has 0 rings (SSSR count). The first kappa shape index (κ1) is 95.5. The van der Waals surface area contributed by atoms with Crippen molar-refractivity contribution in [3.63, 3.8) is 0 Å². The maximum absolute atomic E-state index is 13.1. The lowest BCUT2D eigenvalue weighted by molar-refractivity contribution is -0.161. The molecule has 0 saturated heterocycles. The predicted octanol–water partition coefficient (Wildman–Crippen LogP) is 22.9. The maximum Gasteiger partial charge on any atom is 0.472 e. The van der Waals surface area contributed by atoms with Crippen molar-refractivity contribution in [1.82, 2.24) is 0 Å². The molecule has 3 unspecified atom stereocenters. The number of hydrogen-bond acceptors (Lipinski definition) is 15. The fraction of sp³-hybridized carbons (Fsp3) is 0.899. The Morgan fingerprint density at radius 3 is 0.908 bits per heavy atom. The van der Waals surface area contributed by atoms with Gasteiger partial charge in [-0.2, -0.15) is 0 Å². The molecule has 98 heavy (non-hydrogen) atoms. The third-order valence-corrected chi connectivity index (χ3v) is 20.0. The van der Waals surface area contributed by atoms with Crippen LogP contribution in [0.5, 0.6) is 0 Å². The molecule has 17 nitrogen and oxygen atoms in total. The van der Waals surface area contributed by atoms with E-state index >= 15 is 0 Å². The van der Waals surface area contributed by atoms with Crippen LogP contribution in [0.4, 0.5) is 0 Å². The maximum atomic E-state index is 13.1. The highest BCUT2D eigenvalue weighted by molar-refractivity contribution is 7.47. The van der Waals surface area contributed by atoms with Crippen molar-refractivity contribution in [2.75, 3.05) is 39.6 Å². The van der Waals surface area contributed by atoms with E-state index in [1.807, 2.05) is 0 Å². The Morgan fingerprint density at radius 1 is 0.337 bits per heavy atom. The second-order valence-corrected chi connectivity index (χ2v) is 31.9. The number of phosphoric acid groups is 2. The zero-order valence-electron chi connectivity index (χ0n) is 63.7. The number of carbonyl (C=O) groups excluding carboxylic acids is 4. The lowest BCUT2D eigenvalue weighted by Gasteiger charge is -2.21. The average Bonchev–Trinajstić information content (AvgIpc) is 0.986. The first-order valence-corrected chi connectivity index (χ1v) is 43.2. The van der Waals surface area contributed by atoms with Gasteiger partial charge in [0.1, 0.15) is 19.3 Å². The lowest BCUT2D eigenvalue weighted by Crippen LogP contribution is -2.30. The van der Waals surface area contributed by atoms with Crippen LogP contribution in [-0.2, 0) is 65.4 Å². The highest BCUT2D eigenvalue weighted by Gasteiger charge is 2.30. The van der Waals surface area contributed by atoms with E-state index in [1.165, 1.54) is 173 Å². The molecule has 0 heterocycles. The Hall–Kier alpha value is -2.46. The van der Waals surface area contributed by atoms with Gasteiger partial charge in [-0.3, -0.25) is 37.3 Å². The summed E-state index contributed by atoms with van der Waals surface area (Å²) in [6.45, 7) is 11.9. The van der Waals surface area contributed by atoms with Crippen molar-refractivity contribution in [1.29, 1.82) is 0 Å². The minimum Gasteiger partial charge on any atom is -0.462 e. The monoisotopic (exact) mass is 1430 g/mol. The number of hydrogen-bond donors (Lipinski definition) is 3. The molecule has 0 amide bonds. The normalized spacial score (nSPS) is 14.4. The quantitative estimate of drug-likeness (QED) is 0.0169. The van der Waals surface area contributed by atoms with Crippen molar-refractivity contribution in [3.8, 4) is 0 Å². The third kappa shape index (κ3) is 70.6. The van der Waals surface area contributed by atoms with Crippen molar-refractivity contribution in [3.05, 3.63) is 24.3 Å². The number of ether oxygens (including phenoxy) is 4. The van der Waals surface area contributed by atoms with Crippen LogP contribution in [0.25, 0.3) is 0 Å². The number of allylic oxidation sites excluding steroid dienone is 4. The van der Waals surface area contributed by atoms with Crippen LogP contribution < -0.4 is 0 Å². The van der Waals surface area contributed by atoms with E-state index in [2.05, 4.69) is 72.8 Å². The van der Waals surface area contributed by atoms with Crippen LogP contribution in [0.3, 0.4) is 0 Å². The summed E-state index contributed by atoms with van der Waals surface area (Å²) in [7, 11) is -9.93. The number of carbonyl (C=O) groups is 4. The van der Waals surface area contributed by atoms with E-state index in [-0.39, 0.29) is 25.7 Å². The topological polar surface area (TPSA) is 237 Å². The van der Waals surface area contributed by atoms with Gasteiger partial charge in [-0.25, -0.2) is 9.13 Å². The fourth-order valence-corrected chi connectivity index (χ4v) is 13.1. The SMILES string of the molecule is CCCCCC/C=C\C=C/CCCCCCCC(=O)O[C@H](COC(=O)CCCCCCCCC(C)CC)COP(=O)(O)OC[C@H](O)COP(=O)(O)OC[C@@H](COC(=O)CCCCCCCCCCCCCCCCC(C)C)OC(=O)CCCCCCCCCCCCCCCC(C)C. The smallest absolute Gasteiger partial charge is 0.462 e. The van der Waals surface area contributed by atoms with Crippen LogP contribution in [0.15, 0.2) is 24.3 Å². The molecule has 0 aromatic carbocycles. The van der Waals surface area contributed by atoms with E-state index in [0.717, 1.165) is 127 Å². The van der Waals surface area contributed by atoms with E-state index in [9.17, 15) is 43.2 Å². The summed E-state index contributed by atoms with van der Waals surface area (Å²) >= 11 is 0. The summed E-state index contributed by atoms with van der Waals surface area (Å²) in [5, 5.41) is 10.6. The molecule has 0 spiro atoms. The minimum absolute atomic E-state index is 0.0840. The zero-order chi connectivity index (χ0) is 72.3. The van der Waals surface area contributed by atoms with E-state index in [1.54, 1.807) is 0 Å². The standard InChI is InChI=1S/C79H150O17P2/c1-8-10-11-12-13-14-15-16-17-24-29-34-39-48-55-62-79(84)96-75(67-90-77(82)61-54-47-42-41-45-52-59-72(7)9-2)69-94-98(87,88)92-65-73(80)64-91-97(85,86)93-68-74(95-78(83)63-56-49-40-35-30-25-20-22-27-32-37-44-51-58-71(5)6)66-89-76(81)60-53-46-38-33-28-23-19-18-21-26-31-36-43-50-57-70(3)4/h14-17,70-75,80H,8-13,18-69H2,1-7H3,(H,85,86)(H,87,88)/b15-14-,17-16-/t72?,73-,74-,75-/m1/s1. The highest BCUT2D eigenvalue weighted by atomic mass is 31.2. The van der Waals surface area contributed by atoms with Gasteiger partial charge < -0.3 is 33.8 Å². The van der Waals surface area contributed by atoms with Gasteiger partial charge in [0.05, 0.1) is 26.4 Å². The Morgan fingerprint density at radius 2 is 0.602 bits per heavy atom. The van der Waals surface area contributed by atoms with Crippen molar-refractivity contribution in [2.24, 2.45) is 17.8 Å². The molecule has 0 aliphatic carbocycles. The van der Waals surface area contributed by atoms with Crippen LogP contribution in [0.2, 0.25) is 0 Å². The predicted molar refractivity (Wildman–Crippen MR) is 400 cm³/mol. The molecular weight excluding hydrogens is 1280 g/mol. The van der Waals surface area contributed by atoms with Gasteiger partial charge in [-0.15, -0.1) is 0 Å². The van der Waals surface area contributed by atoms with E-state index in [4.69, 9.17) is 37.0 Å². The molecule has 0 aromatic heterocycles. The van der Waals surface area contributed by atoms with Gasteiger partial charge in [0, 0.05) is 25.7 Å². The van der Waals surface area contributed by atoms with Crippen LogP contribution in [0, 0.1) is 17.8 Å². The first-order valence-electron chi connectivity index (χ1n) is 40.2. The van der Waals surface area contributed by atoms with Crippen molar-refractivity contribution < 1.29 is 80.2 Å². The van der Waals surface area contributed by atoms with Gasteiger partial charge >= 0.3 is 39.5 Å². The molecule has 578 valence electrons. The van der Waals surface area contributed by atoms with E-state index in [0.29, 0.717) is 25.7 Å².